The van der Waals surface area contributed by atoms with Gasteiger partial charge in [-0.2, -0.15) is 0 Å². The maximum absolute atomic E-state index is 5.81. The highest BCUT2D eigenvalue weighted by Crippen LogP contribution is 2.32. The van der Waals surface area contributed by atoms with Crippen LogP contribution in [0.25, 0.3) is 11.1 Å². The second kappa shape index (κ2) is 4.37. The van der Waals surface area contributed by atoms with Gasteiger partial charge in [0, 0.05) is 6.61 Å². The van der Waals surface area contributed by atoms with Gasteiger partial charge in [-0.15, -0.1) is 0 Å². The van der Waals surface area contributed by atoms with E-state index < -0.39 is 0 Å². The fraction of sp³-hybridized carbons (Fsp3) is 0.462. The highest BCUT2D eigenvalue weighted by Gasteiger charge is 2.20. The molecule has 1 heterocycles. The minimum absolute atomic E-state index is 0.431. The van der Waals surface area contributed by atoms with Crippen LogP contribution in [0.15, 0.2) is 22.6 Å². The minimum atomic E-state index is 0.431. The Morgan fingerprint density at radius 2 is 2.29 bits per heavy atom. The number of ether oxygens (including phenoxy) is 1. The van der Waals surface area contributed by atoms with E-state index >= 15 is 0 Å². The van der Waals surface area contributed by atoms with Crippen molar-refractivity contribution in [2.45, 2.75) is 25.9 Å². The Bertz CT molecular complexity index is 517. The summed E-state index contributed by atoms with van der Waals surface area (Å²) in [5.41, 5.74) is 7.92. The topological polar surface area (TPSA) is 61.3 Å². The smallest absolute Gasteiger partial charge is 0.221 e. The average Bonchev–Trinajstić information content (AvgIpc) is 3.04. The summed E-state index contributed by atoms with van der Waals surface area (Å²) in [6.07, 6.45) is 3.88. The van der Waals surface area contributed by atoms with Gasteiger partial charge in [-0.05, 0) is 24.5 Å². The average molecular weight is 232 g/mol. The van der Waals surface area contributed by atoms with E-state index in [1.165, 1.54) is 12.8 Å². The third kappa shape index (κ3) is 2.42. The molecule has 0 saturated heterocycles. The molecule has 2 N–H and O–H groups in total. The lowest BCUT2D eigenvalue weighted by molar-refractivity contribution is 0.0986. The largest absolute Gasteiger partial charge is 0.438 e. The molecule has 0 aliphatic heterocycles. The lowest BCUT2D eigenvalue weighted by Crippen LogP contribution is -1.96. The van der Waals surface area contributed by atoms with E-state index in [0.717, 1.165) is 30.0 Å². The van der Waals surface area contributed by atoms with Gasteiger partial charge in [0.15, 0.2) is 5.58 Å². The van der Waals surface area contributed by atoms with Crippen LogP contribution in [0.3, 0.4) is 0 Å². The molecule has 1 aromatic carbocycles. The van der Waals surface area contributed by atoms with Gasteiger partial charge in [-0.1, -0.05) is 18.9 Å². The monoisotopic (exact) mass is 232 g/mol. The van der Waals surface area contributed by atoms with E-state index in [1.807, 2.05) is 18.2 Å². The van der Waals surface area contributed by atoms with Gasteiger partial charge < -0.3 is 14.9 Å². The molecule has 1 aliphatic rings. The van der Waals surface area contributed by atoms with E-state index in [4.69, 9.17) is 14.9 Å². The molecule has 0 atom stereocenters. The first-order chi connectivity index (χ1) is 8.33. The Morgan fingerprint density at radius 3 is 3.06 bits per heavy atom. The molecular formula is C13H16N2O2. The fourth-order valence-electron chi connectivity index (χ4n) is 1.89. The molecule has 17 heavy (non-hydrogen) atoms. The number of nitrogens with two attached hydrogens (primary N) is 1. The van der Waals surface area contributed by atoms with Gasteiger partial charge in [0.25, 0.3) is 0 Å². The first-order valence-corrected chi connectivity index (χ1v) is 6.04. The summed E-state index contributed by atoms with van der Waals surface area (Å²) in [4.78, 5) is 4.33. The highest BCUT2D eigenvalue weighted by atomic mass is 16.5. The van der Waals surface area contributed by atoms with Gasteiger partial charge >= 0.3 is 0 Å². The Balaban J connectivity index is 1.62. The molecule has 1 aromatic heterocycles. The fourth-order valence-corrected chi connectivity index (χ4v) is 1.89. The van der Waals surface area contributed by atoms with Crippen molar-refractivity contribution in [1.82, 2.24) is 4.98 Å². The number of anilines is 1. The molecule has 0 spiro atoms. The van der Waals surface area contributed by atoms with Crippen molar-refractivity contribution in [3.05, 3.63) is 24.1 Å². The van der Waals surface area contributed by atoms with E-state index in [2.05, 4.69) is 4.98 Å². The summed E-state index contributed by atoms with van der Waals surface area (Å²) in [7, 11) is 0. The number of fused-ring (bicyclic) bond motifs is 1. The predicted molar refractivity (Wildman–Crippen MR) is 65.4 cm³/mol. The third-order valence-electron chi connectivity index (χ3n) is 3.09. The maximum Gasteiger partial charge on any atom is 0.221 e. The quantitative estimate of drug-likeness (QED) is 0.636. The number of aromatic nitrogens is 1. The standard InChI is InChI=1S/C13H16N2O2/c14-10-2-1-3-11-13(10)15-12(17-11)8-16-7-6-9-4-5-9/h1-3,9H,4-8,14H2. The zero-order valence-corrected chi connectivity index (χ0v) is 9.69. The molecule has 1 saturated carbocycles. The van der Waals surface area contributed by atoms with Crippen molar-refractivity contribution < 1.29 is 9.15 Å². The van der Waals surface area contributed by atoms with E-state index in [1.54, 1.807) is 0 Å². The maximum atomic E-state index is 5.81. The zero-order valence-electron chi connectivity index (χ0n) is 9.69. The minimum Gasteiger partial charge on any atom is -0.438 e. The van der Waals surface area contributed by atoms with Crippen molar-refractivity contribution in [3.63, 3.8) is 0 Å². The van der Waals surface area contributed by atoms with Gasteiger partial charge in [0.1, 0.15) is 12.1 Å². The molecule has 4 nitrogen and oxygen atoms in total. The number of hydrogen-bond donors (Lipinski definition) is 1. The Kier molecular flexibility index (Phi) is 2.73. The van der Waals surface area contributed by atoms with Crippen molar-refractivity contribution in [2.24, 2.45) is 5.92 Å². The molecule has 3 rings (SSSR count). The highest BCUT2D eigenvalue weighted by molar-refractivity contribution is 5.85. The van der Waals surface area contributed by atoms with Crippen LogP contribution in [0.1, 0.15) is 25.2 Å². The Morgan fingerprint density at radius 1 is 1.41 bits per heavy atom. The SMILES string of the molecule is Nc1cccc2oc(COCCC3CC3)nc12. The molecule has 2 aromatic rings. The number of para-hydroxylation sites is 1. The summed E-state index contributed by atoms with van der Waals surface area (Å²) in [6.45, 7) is 1.22. The first kappa shape index (κ1) is 10.6. The van der Waals surface area contributed by atoms with Crippen molar-refractivity contribution >= 4 is 16.8 Å². The number of nitrogens with zero attached hydrogens (tertiary/aromatic N) is 1. The summed E-state index contributed by atoms with van der Waals surface area (Å²) >= 11 is 0. The third-order valence-corrected chi connectivity index (χ3v) is 3.09. The summed E-state index contributed by atoms with van der Waals surface area (Å²) in [5.74, 6) is 1.50. The molecular weight excluding hydrogens is 216 g/mol. The predicted octanol–water partition coefficient (Wildman–Crippen LogP) is 2.73. The number of hydrogen-bond acceptors (Lipinski definition) is 4. The number of oxazole rings is 1. The van der Waals surface area contributed by atoms with Crippen LogP contribution in [-0.2, 0) is 11.3 Å². The van der Waals surface area contributed by atoms with Gasteiger partial charge in [-0.25, -0.2) is 4.98 Å². The molecule has 0 amide bonds. The second-order valence-corrected chi connectivity index (χ2v) is 4.59. The van der Waals surface area contributed by atoms with Crippen molar-refractivity contribution in [3.8, 4) is 0 Å². The summed E-state index contributed by atoms with van der Waals surface area (Å²) in [6, 6.07) is 5.55. The summed E-state index contributed by atoms with van der Waals surface area (Å²) in [5, 5.41) is 0. The van der Waals surface area contributed by atoms with Gasteiger partial charge in [0.05, 0.1) is 5.69 Å². The number of rotatable bonds is 5. The van der Waals surface area contributed by atoms with Crippen LogP contribution < -0.4 is 5.73 Å². The van der Waals surface area contributed by atoms with E-state index in [-0.39, 0.29) is 0 Å². The van der Waals surface area contributed by atoms with E-state index in [0.29, 0.717) is 18.2 Å². The van der Waals surface area contributed by atoms with Crippen LogP contribution >= 0.6 is 0 Å². The Hall–Kier alpha value is -1.55. The van der Waals surface area contributed by atoms with Crippen LogP contribution in [0.4, 0.5) is 5.69 Å². The molecule has 0 unspecified atom stereocenters. The van der Waals surface area contributed by atoms with Crippen LogP contribution in [0.2, 0.25) is 0 Å². The number of nitrogen functional groups attached to an aromatic ring is 1. The molecule has 90 valence electrons. The molecule has 1 fully saturated rings. The van der Waals surface area contributed by atoms with E-state index in [9.17, 15) is 0 Å². The molecule has 4 heteroatoms. The van der Waals surface area contributed by atoms with Crippen LogP contribution in [-0.4, -0.2) is 11.6 Å². The van der Waals surface area contributed by atoms with Crippen molar-refractivity contribution in [2.75, 3.05) is 12.3 Å². The van der Waals surface area contributed by atoms with Crippen LogP contribution in [0.5, 0.6) is 0 Å². The zero-order chi connectivity index (χ0) is 11.7. The number of benzene rings is 1. The second-order valence-electron chi connectivity index (χ2n) is 4.59. The first-order valence-electron chi connectivity index (χ1n) is 6.04. The molecule has 1 aliphatic carbocycles. The van der Waals surface area contributed by atoms with Gasteiger partial charge in [-0.3, -0.25) is 0 Å². The molecule has 0 radical (unpaired) electrons. The lowest BCUT2D eigenvalue weighted by atomic mass is 10.3. The normalized spacial score (nSPS) is 15.5. The molecule has 0 bridgehead atoms. The van der Waals surface area contributed by atoms with Crippen LogP contribution in [0, 0.1) is 5.92 Å². The Labute approximate surface area is 99.8 Å². The van der Waals surface area contributed by atoms with Crippen molar-refractivity contribution in [1.29, 1.82) is 0 Å². The lowest BCUT2D eigenvalue weighted by Gasteiger charge is -1.99. The summed E-state index contributed by atoms with van der Waals surface area (Å²) < 4.78 is 11.1. The van der Waals surface area contributed by atoms with Gasteiger partial charge in [0.2, 0.25) is 5.89 Å².